The van der Waals surface area contributed by atoms with Crippen LogP contribution in [-0.4, -0.2) is 67.6 Å². The van der Waals surface area contributed by atoms with Crippen LogP contribution in [0, 0.1) is 12.7 Å². The lowest BCUT2D eigenvalue weighted by Crippen LogP contribution is -2.47. The highest BCUT2D eigenvalue weighted by Crippen LogP contribution is 2.23. The number of hydrogen-bond donors (Lipinski definition) is 4. The molecule has 0 saturated carbocycles. The Bertz CT molecular complexity index is 1030. The number of ether oxygens (including phenoxy) is 1. The highest BCUT2D eigenvalue weighted by Gasteiger charge is 2.26. The summed E-state index contributed by atoms with van der Waals surface area (Å²) in [6.45, 7) is 5.42. The number of aliphatic hydroxyl groups excluding tert-OH is 1. The van der Waals surface area contributed by atoms with E-state index in [-0.39, 0.29) is 18.7 Å². The Hall–Kier alpha value is -3.38. The predicted molar refractivity (Wildman–Crippen MR) is 116 cm³/mol. The standard InChI is InChI=1S/C20H26FN9O2/c1-12-9-17(29-28-12)24-19-25-18(23-13(2)16-4-3-14(21)10-22-16)26-20(27-19)30-6-8-32-11-15(30)5-7-31/h3-4,9-10,13,15,31H,5-8,11H2,1-2H3,(H3,23,24,25,26,27,28,29)/t13-,15-/m0/s1. The molecule has 0 aliphatic carbocycles. The van der Waals surface area contributed by atoms with E-state index in [2.05, 4.69) is 40.8 Å². The van der Waals surface area contributed by atoms with Gasteiger partial charge in [0.15, 0.2) is 5.82 Å². The third-order valence-corrected chi connectivity index (χ3v) is 5.06. The normalized spacial score (nSPS) is 17.2. The van der Waals surface area contributed by atoms with E-state index in [4.69, 9.17) is 4.74 Å². The first-order valence-corrected chi connectivity index (χ1v) is 10.4. The molecular formula is C20H26FN9O2. The Kier molecular flexibility index (Phi) is 6.71. The van der Waals surface area contributed by atoms with Crippen molar-refractivity contribution in [2.24, 2.45) is 0 Å². The highest BCUT2D eigenvalue weighted by molar-refractivity contribution is 5.53. The number of morpholine rings is 1. The molecule has 170 valence electrons. The molecule has 1 saturated heterocycles. The summed E-state index contributed by atoms with van der Waals surface area (Å²) < 4.78 is 18.8. The number of aromatic amines is 1. The van der Waals surface area contributed by atoms with Crippen molar-refractivity contribution in [3.63, 3.8) is 0 Å². The van der Waals surface area contributed by atoms with Crippen LogP contribution in [0.5, 0.6) is 0 Å². The molecule has 1 fully saturated rings. The Morgan fingerprint density at radius 3 is 2.88 bits per heavy atom. The van der Waals surface area contributed by atoms with Crippen molar-refractivity contribution in [2.45, 2.75) is 32.4 Å². The Labute approximate surface area is 184 Å². The molecule has 4 rings (SSSR count). The van der Waals surface area contributed by atoms with E-state index in [0.29, 0.717) is 55.5 Å². The minimum absolute atomic E-state index is 0.0334. The first-order valence-electron chi connectivity index (χ1n) is 10.4. The van der Waals surface area contributed by atoms with Gasteiger partial charge in [-0.05, 0) is 32.4 Å². The molecule has 12 heteroatoms. The molecule has 4 heterocycles. The zero-order valence-corrected chi connectivity index (χ0v) is 17.9. The molecule has 0 amide bonds. The second kappa shape index (κ2) is 9.83. The summed E-state index contributed by atoms with van der Waals surface area (Å²) in [5.74, 6) is 1.28. The van der Waals surface area contributed by atoms with Crippen LogP contribution in [-0.2, 0) is 4.74 Å². The molecule has 2 atom stereocenters. The van der Waals surface area contributed by atoms with E-state index in [1.54, 1.807) is 6.07 Å². The number of aliphatic hydroxyl groups is 1. The van der Waals surface area contributed by atoms with Gasteiger partial charge in [-0.3, -0.25) is 10.1 Å². The van der Waals surface area contributed by atoms with E-state index >= 15 is 0 Å². The zero-order valence-electron chi connectivity index (χ0n) is 17.9. The maximum Gasteiger partial charge on any atom is 0.235 e. The minimum atomic E-state index is -0.397. The summed E-state index contributed by atoms with van der Waals surface area (Å²) in [6, 6.07) is 4.48. The lowest BCUT2D eigenvalue weighted by molar-refractivity contribution is 0.0841. The first kappa shape index (κ1) is 21.8. The van der Waals surface area contributed by atoms with Gasteiger partial charge in [0.2, 0.25) is 17.8 Å². The molecule has 11 nitrogen and oxygen atoms in total. The molecule has 1 aliphatic rings. The predicted octanol–water partition coefficient (Wildman–Crippen LogP) is 1.94. The van der Waals surface area contributed by atoms with E-state index < -0.39 is 5.82 Å². The molecule has 0 radical (unpaired) electrons. The Balaban J connectivity index is 1.63. The van der Waals surface area contributed by atoms with Crippen LogP contribution in [0.1, 0.15) is 30.8 Å². The number of aryl methyl sites for hydroxylation is 1. The summed E-state index contributed by atoms with van der Waals surface area (Å²) in [5, 5.41) is 22.8. The number of hydrogen-bond acceptors (Lipinski definition) is 10. The van der Waals surface area contributed by atoms with Crippen LogP contribution in [0.15, 0.2) is 24.4 Å². The van der Waals surface area contributed by atoms with Gasteiger partial charge in [-0.25, -0.2) is 4.39 Å². The number of nitrogens with one attached hydrogen (secondary N) is 3. The van der Waals surface area contributed by atoms with Gasteiger partial charge in [0.05, 0.1) is 37.2 Å². The zero-order chi connectivity index (χ0) is 22.5. The maximum absolute atomic E-state index is 13.2. The third kappa shape index (κ3) is 5.26. The first-order chi connectivity index (χ1) is 15.5. The van der Waals surface area contributed by atoms with Crippen LogP contribution in [0.2, 0.25) is 0 Å². The lowest BCUT2D eigenvalue weighted by Gasteiger charge is -2.35. The van der Waals surface area contributed by atoms with Gasteiger partial charge in [-0.2, -0.15) is 20.1 Å². The topological polar surface area (TPSA) is 137 Å². The molecule has 32 heavy (non-hydrogen) atoms. The van der Waals surface area contributed by atoms with Crippen molar-refractivity contribution in [3.8, 4) is 0 Å². The molecule has 1 aliphatic heterocycles. The molecule has 3 aromatic heterocycles. The monoisotopic (exact) mass is 443 g/mol. The van der Waals surface area contributed by atoms with Crippen LogP contribution >= 0.6 is 0 Å². The minimum Gasteiger partial charge on any atom is -0.396 e. The quantitative estimate of drug-likeness (QED) is 0.409. The average molecular weight is 443 g/mol. The number of halogens is 1. The number of anilines is 4. The molecular weight excluding hydrogens is 417 g/mol. The lowest BCUT2D eigenvalue weighted by atomic mass is 10.2. The summed E-state index contributed by atoms with van der Waals surface area (Å²) in [6.07, 6.45) is 1.71. The van der Waals surface area contributed by atoms with Gasteiger partial charge >= 0.3 is 0 Å². The largest absolute Gasteiger partial charge is 0.396 e. The molecule has 0 aromatic carbocycles. The van der Waals surface area contributed by atoms with Gasteiger partial charge in [0.1, 0.15) is 5.82 Å². The van der Waals surface area contributed by atoms with E-state index in [1.807, 2.05) is 24.8 Å². The maximum atomic E-state index is 13.2. The molecule has 0 spiro atoms. The van der Waals surface area contributed by atoms with Crippen molar-refractivity contribution >= 4 is 23.7 Å². The molecule has 0 unspecified atom stereocenters. The van der Waals surface area contributed by atoms with Gasteiger partial charge in [-0.15, -0.1) is 0 Å². The fraction of sp³-hybridized carbons (Fsp3) is 0.450. The second-order valence-electron chi connectivity index (χ2n) is 7.55. The Morgan fingerprint density at radius 2 is 2.16 bits per heavy atom. The third-order valence-electron chi connectivity index (χ3n) is 5.06. The number of pyridine rings is 1. The van der Waals surface area contributed by atoms with E-state index in [0.717, 1.165) is 5.69 Å². The number of H-pyrrole nitrogens is 1. The Morgan fingerprint density at radius 1 is 1.31 bits per heavy atom. The molecule has 0 bridgehead atoms. The summed E-state index contributed by atoms with van der Waals surface area (Å²) >= 11 is 0. The van der Waals surface area contributed by atoms with Crippen molar-refractivity contribution in [1.82, 2.24) is 30.1 Å². The van der Waals surface area contributed by atoms with Crippen molar-refractivity contribution < 1.29 is 14.2 Å². The number of aromatic nitrogens is 6. The summed E-state index contributed by atoms with van der Waals surface area (Å²) in [7, 11) is 0. The van der Waals surface area contributed by atoms with E-state index in [1.165, 1.54) is 12.3 Å². The summed E-state index contributed by atoms with van der Waals surface area (Å²) in [4.78, 5) is 19.8. The summed E-state index contributed by atoms with van der Waals surface area (Å²) in [5.41, 5.74) is 1.54. The van der Waals surface area contributed by atoms with Gasteiger partial charge in [0, 0.05) is 24.9 Å². The second-order valence-corrected chi connectivity index (χ2v) is 7.55. The smallest absolute Gasteiger partial charge is 0.235 e. The SMILES string of the molecule is Cc1cc(Nc2nc(N[C@@H](C)c3ccc(F)cn3)nc(N3CCOC[C@@H]3CCO)n2)n[nH]1. The highest BCUT2D eigenvalue weighted by atomic mass is 19.1. The average Bonchev–Trinajstić information content (AvgIpc) is 3.19. The molecule has 3 aromatic rings. The van der Waals surface area contributed by atoms with Gasteiger partial charge in [-0.1, -0.05) is 0 Å². The number of rotatable bonds is 8. The van der Waals surface area contributed by atoms with Crippen molar-refractivity contribution in [3.05, 3.63) is 41.6 Å². The van der Waals surface area contributed by atoms with Gasteiger partial charge in [0.25, 0.3) is 0 Å². The van der Waals surface area contributed by atoms with Crippen molar-refractivity contribution in [2.75, 3.05) is 41.9 Å². The van der Waals surface area contributed by atoms with Crippen molar-refractivity contribution in [1.29, 1.82) is 0 Å². The fourth-order valence-electron chi connectivity index (χ4n) is 3.43. The van der Waals surface area contributed by atoms with Gasteiger partial charge < -0.3 is 25.4 Å². The number of nitrogens with zero attached hydrogens (tertiary/aromatic N) is 6. The van der Waals surface area contributed by atoms with Crippen LogP contribution in [0.4, 0.5) is 28.1 Å². The molecule has 4 N–H and O–H groups in total. The van der Waals surface area contributed by atoms with Crippen LogP contribution in [0.25, 0.3) is 0 Å². The van der Waals surface area contributed by atoms with Crippen LogP contribution in [0.3, 0.4) is 0 Å². The van der Waals surface area contributed by atoms with Crippen LogP contribution < -0.4 is 15.5 Å². The van der Waals surface area contributed by atoms with E-state index in [9.17, 15) is 9.50 Å². The fourth-order valence-corrected chi connectivity index (χ4v) is 3.43.